The molecule has 2 aromatic carbocycles. The Morgan fingerprint density at radius 1 is 1.07 bits per heavy atom. The van der Waals surface area contributed by atoms with E-state index in [4.69, 9.17) is 14.2 Å². The van der Waals surface area contributed by atoms with Crippen molar-refractivity contribution in [2.75, 3.05) is 26.4 Å². The van der Waals surface area contributed by atoms with Crippen molar-refractivity contribution >= 4 is 22.8 Å². The third-order valence-electron chi connectivity index (χ3n) is 4.62. The number of hydrogen-bond acceptors (Lipinski definition) is 6. The van der Waals surface area contributed by atoms with Crippen LogP contribution in [0.5, 0.6) is 11.5 Å². The summed E-state index contributed by atoms with van der Waals surface area (Å²) in [5.74, 6) is 0.687. The monoisotopic (exact) mass is 411 g/mol. The second kappa shape index (κ2) is 9.93. The average Bonchev–Trinajstić information content (AvgIpc) is 2.76. The van der Waals surface area contributed by atoms with E-state index < -0.39 is 12.1 Å². The van der Waals surface area contributed by atoms with Gasteiger partial charge in [-0.2, -0.15) is 0 Å². The van der Waals surface area contributed by atoms with Gasteiger partial charge in [0, 0.05) is 27.5 Å². The number of hydrogen-bond donors (Lipinski definition) is 2. The molecule has 0 aliphatic heterocycles. The molecule has 0 saturated heterocycles. The van der Waals surface area contributed by atoms with Gasteiger partial charge in [-0.15, -0.1) is 0 Å². The van der Waals surface area contributed by atoms with Crippen LogP contribution >= 0.6 is 0 Å². The van der Waals surface area contributed by atoms with Crippen LogP contribution in [0.2, 0.25) is 0 Å². The summed E-state index contributed by atoms with van der Waals surface area (Å²) in [5.41, 5.74) is 2.13. The molecule has 0 bridgehead atoms. The minimum absolute atomic E-state index is 0.0241. The lowest BCUT2D eigenvalue weighted by Gasteiger charge is -2.22. The first-order valence-electron chi connectivity index (χ1n) is 9.76. The maximum Gasteiger partial charge on any atom is 0.412 e. The summed E-state index contributed by atoms with van der Waals surface area (Å²) in [6, 6.07) is 7.53. The molecule has 1 aliphatic rings. The molecule has 0 saturated carbocycles. The minimum atomic E-state index is -0.632. The molecule has 0 fully saturated rings. The minimum Gasteiger partial charge on any atom is -0.490 e. The van der Waals surface area contributed by atoms with E-state index in [0.717, 1.165) is 21.9 Å². The molecule has 7 nitrogen and oxygen atoms in total. The second-order valence-electron chi connectivity index (χ2n) is 6.85. The van der Waals surface area contributed by atoms with Gasteiger partial charge in [-0.3, -0.25) is 0 Å². The summed E-state index contributed by atoms with van der Waals surface area (Å²) in [6.07, 6.45) is 4.69. The number of esters is 1. The first-order chi connectivity index (χ1) is 14.5. The number of aliphatic hydroxyl groups is 1. The number of benzene rings is 2. The summed E-state index contributed by atoms with van der Waals surface area (Å²) >= 11 is 0. The van der Waals surface area contributed by atoms with Gasteiger partial charge in [0.1, 0.15) is 24.7 Å². The van der Waals surface area contributed by atoms with Gasteiger partial charge < -0.3 is 24.6 Å². The summed E-state index contributed by atoms with van der Waals surface area (Å²) in [4.78, 5) is 23.8. The van der Waals surface area contributed by atoms with E-state index in [-0.39, 0.29) is 26.4 Å². The van der Waals surface area contributed by atoms with Crippen LogP contribution in [0.4, 0.5) is 4.79 Å². The van der Waals surface area contributed by atoms with Crippen LogP contribution in [0.25, 0.3) is 10.8 Å². The Labute approximate surface area is 174 Å². The number of fused-ring (bicyclic) bond motifs is 2. The van der Waals surface area contributed by atoms with Crippen LogP contribution in [0.15, 0.2) is 48.6 Å². The largest absolute Gasteiger partial charge is 0.490 e. The fourth-order valence-electron chi connectivity index (χ4n) is 3.29. The number of nitrogens with one attached hydrogen (secondary N) is 1. The number of aliphatic hydroxyl groups excluding tert-OH is 1. The number of ether oxygens (including phenoxy) is 3. The van der Waals surface area contributed by atoms with E-state index in [9.17, 15) is 14.7 Å². The Hall–Kier alpha value is -3.32. The maximum atomic E-state index is 12.4. The quantitative estimate of drug-likeness (QED) is 0.300. The molecular formula is C23H25NO6. The Morgan fingerprint density at radius 3 is 2.33 bits per heavy atom. The van der Waals surface area contributed by atoms with Crippen molar-refractivity contribution in [2.45, 2.75) is 19.8 Å². The number of rotatable bonds is 8. The van der Waals surface area contributed by atoms with Crippen molar-refractivity contribution in [3.8, 4) is 11.5 Å². The highest BCUT2D eigenvalue weighted by molar-refractivity contribution is 5.97. The third kappa shape index (κ3) is 4.80. The zero-order valence-corrected chi connectivity index (χ0v) is 16.9. The Kier molecular flexibility index (Phi) is 7.08. The van der Waals surface area contributed by atoms with Gasteiger partial charge in [-0.1, -0.05) is 43.0 Å². The van der Waals surface area contributed by atoms with Gasteiger partial charge in [0.25, 0.3) is 0 Å². The molecule has 0 heterocycles. The van der Waals surface area contributed by atoms with Crippen LogP contribution in [0.3, 0.4) is 0 Å². The van der Waals surface area contributed by atoms with Crippen LogP contribution in [0.1, 0.15) is 18.1 Å². The molecule has 7 heteroatoms. The van der Waals surface area contributed by atoms with Gasteiger partial charge in [0.15, 0.2) is 0 Å². The molecule has 0 spiro atoms. The van der Waals surface area contributed by atoms with Gasteiger partial charge in [-0.05, 0) is 19.8 Å². The predicted octanol–water partition coefficient (Wildman–Crippen LogP) is 3.07. The molecule has 1 aliphatic carbocycles. The zero-order chi connectivity index (χ0) is 21.5. The molecule has 0 unspecified atom stereocenters. The van der Waals surface area contributed by atoms with Gasteiger partial charge in [-0.25, -0.2) is 9.59 Å². The fraction of sp³-hybridized carbons (Fsp3) is 0.304. The van der Waals surface area contributed by atoms with E-state index in [1.807, 2.05) is 36.4 Å². The van der Waals surface area contributed by atoms with Crippen LogP contribution < -0.4 is 14.8 Å². The molecule has 1 amide bonds. The lowest BCUT2D eigenvalue weighted by molar-refractivity contribution is -0.138. The third-order valence-corrected chi connectivity index (χ3v) is 4.62. The molecule has 30 heavy (non-hydrogen) atoms. The SMILES string of the molecule is C=C(C)C(=O)OCCNC(=O)Oc1c2c(c(OCCO)c3ccccc13)CC=CC2. The number of carbonyl (C=O) groups is 2. The second-order valence-corrected chi connectivity index (χ2v) is 6.85. The molecule has 0 radical (unpaired) electrons. The predicted molar refractivity (Wildman–Crippen MR) is 113 cm³/mol. The molecule has 0 aromatic heterocycles. The highest BCUT2D eigenvalue weighted by Crippen LogP contribution is 2.43. The summed E-state index contributed by atoms with van der Waals surface area (Å²) in [7, 11) is 0. The lowest BCUT2D eigenvalue weighted by Crippen LogP contribution is -2.31. The van der Waals surface area contributed by atoms with Crippen molar-refractivity contribution in [1.82, 2.24) is 5.32 Å². The highest BCUT2D eigenvalue weighted by atomic mass is 16.6. The van der Waals surface area contributed by atoms with E-state index in [2.05, 4.69) is 11.9 Å². The number of amides is 1. The maximum absolute atomic E-state index is 12.4. The van der Waals surface area contributed by atoms with E-state index in [1.54, 1.807) is 6.92 Å². The van der Waals surface area contributed by atoms with Crippen LogP contribution in [-0.2, 0) is 22.4 Å². The van der Waals surface area contributed by atoms with Gasteiger partial charge in [0.2, 0.25) is 0 Å². The van der Waals surface area contributed by atoms with Crippen molar-refractivity contribution in [2.24, 2.45) is 0 Å². The standard InChI is InChI=1S/C23H25NO6/c1-15(2)22(26)29-13-11-24-23(27)30-21-18-9-5-3-7-16(18)20(28-14-12-25)17-8-4-6-10-19(17)21/h3-7,9,25H,1,8,10-14H2,2H3,(H,24,27). The first kappa shape index (κ1) is 21.4. The van der Waals surface area contributed by atoms with Crippen LogP contribution in [0, 0.1) is 0 Å². The van der Waals surface area contributed by atoms with Crippen molar-refractivity contribution in [3.05, 3.63) is 59.7 Å². The Balaban J connectivity index is 1.83. The summed E-state index contributed by atoms with van der Waals surface area (Å²) in [5, 5.41) is 13.4. The molecule has 0 atom stereocenters. The molecule has 2 aromatic rings. The van der Waals surface area contributed by atoms with Crippen molar-refractivity contribution < 1.29 is 28.9 Å². The normalized spacial score (nSPS) is 12.2. The van der Waals surface area contributed by atoms with Crippen LogP contribution in [-0.4, -0.2) is 43.5 Å². The smallest absolute Gasteiger partial charge is 0.412 e. The van der Waals surface area contributed by atoms with Gasteiger partial charge >= 0.3 is 12.1 Å². The molecule has 3 rings (SSSR count). The summed E-state index contributed by atoms with van der Waals surface area (Å²) < 4.78 is 16.5. The van der Waals surface area contributed by atoms with Gasteiger partial charge in [0.05, 0.1) is 13.2 Å². The molecule has 158 valence electrons. The topological polar surface area (TPSA) is 94.1 Å². The van der Waals surface area contributed by atoms with Crippen molar-refractivity contribution in [3.63, 3.8) is 0 Å². The molecule has 2 N–H and O–H groups in total. The summed E-state index contributed by atoms with van der Waals surface area (Å²) in [6.45, 7) is 5.30. The van der Waals surface area contributed by atoms with Crippen molar-refractivity contribution in [1.29, 1.82) is 0 Å². The molecular weight excluding hydrogens is 386 g/mol. The lowest BCUT2D eigenvalue weighted by atomic mass is 9.90. The highest BCUT2D eigenvalue weighted by Gasteiger charge is 2.23. The van der Waals surface area contributed by atoms with E-state index in [0.29, 0.717) is 29.9 Å². The zero-order valence-electron chi connectivity index (χ0n) is 16.9. The number of carbonyl (C=O) groups excluding carboxylic acids is 2. The van der Waals surface area contributed by atoms with E-state index in [1.165, 1.54) is 0 Å². The fourth-order valence-corrected chi connectivity index (χ4v) is 3.29. The Morgan fingerprint density at radius 2 is 1.70 bits per heavy atom. The first-order valence-corrected chi connectivity index (χ1v) is 9.76. The number of allylic oxidation sites excluding steroid dienone is 2. The van der Waals surface area contributed by atoms with E-state index >= 15 is 0 Å². The average molecular weight is 411 g/mol. The Bertz CT molecular complexity index is 995.